The Hall–Kier alpha value is -3.36. The van der Waals surface area contributed by atoms with Gasteiger partial charge in [0.25, 0.3) is 0 Å². The van der Waals surface area contributed by atoms with Crippen LogP contribution >= 0.6 is 11.6 Å². The predicted molar refractivity (Wildman–Crippen MR) is 164 cm³/mol. The Morgan fingerprint density at radius 2 is 1.63 bits per heavy atom. The number of aryl methyl sites for hydroxylation is 2. The fraction of sp³-hybridized carbons (Fsp3) is 0.375. The van der Waals surface area contributed by atoms with Gasteiger partial charge in [-0.3, -0.25) is 13.9 Å². The van der Waals surface area contributed by atoms with Gasteiger partial charge < -0.3 is 10.2 Å². The van der Waals surface area contributed by atoms with Crippen LogP contribution in [0.15, 0.2) is 72.8 Å². The van der Waals surface area contributed by atoms with E-state index >= 15 is 0 Å². The molecule has 0 spiro atoms. The number of carbonyl (C=O) groups is 2. The van der Waals surface area contributed by atoms with E-state index in [1.165, 1.54) is 4.90 Å². The van der Waals surface area contributed by atoms with Crippen molar-refractivity contribution in [3.63, 3.8) is 0 Å². The van der Waals surface area contributed by atoms with Crippen molar-refractivity contribution in [3.8, 4) is 0 Å². The standard InChI is InChI=1S/C32H38ClN3O4S/c1-23-16-17-29(24(2)18-23)36(41(3,39)40)22-31(37)35(21-26-12-9-13-27(33)19-26)30(20-25-10-5-4-6-11-25)32(38)34-28-14-7-8-15-28/h4-6,9-13,16-19,28,30H,7-8,14-15,20-22H2,1-3H3,(H,34,38)/t30-/m0/s1. The summed E-state index contributed by atoms with van der Waals surface area (Å²) in [5.74, 6) is -0.716. The number of rotatable bonds is 11. The van der Waals surface area contributed by atoms with Gasteiger partial charge in [0.1, 0.15) is 12.6 Å². The highest BCUT2D eigenvalue weighted by atomic mass is 35.5. The number of anilines is 1. The molecule has 0 heterocycles. The van der Waals surface area contributed by atoms with E-state index in [9.17, 15) is 18.0 Å². The second-order valence-corrected chi connectivity index (χ2v) is 13.2. The summed E-state index contributed by atoms with van der Waals surface area (Å²) in [4.78, 5) is 29.6. The molecule has 1 aliphatic carbocycles. The van der Waals surface area contributed by atoms with Crippen LogP contribution < -0.4 is 9.62 Å². The summed E-state index contributed by atoms with van der Waals surface area (Å²) in [6.07, 6.45) is 5.29. The molecule has 4 rings (SSSR count). The van der Waals surface area contributed by atoms with E-state index in [-0.39, 0.29) is 24.9 Å². The van der Waals surface area contributed by atoms with Crippen molar-refractivity contribution in [1.82, 2.24) is 10.2 Å². The minimum Gasteiger partial charge on any atom is -0.352 e. The SMILES string of the molecule is Cc1ccc(N(CC(=O)N(Cc2cccc(Cl)c2)[C@@H](Cc2ccccc2)C(=O)NC2CCCC2)S(C)(=O)=O)c(C)c1. The summed E-state index contributed by atoms with van der Waals surface area (Å²) in [6.45, 7) is 3.41. The van der Waals surface area contributed by atoms with Crippen molar-refractivity contribution in [3.05, 3.63) is 100 Å². The molecule has 1 N–H and O–H groups in total. The van der Waals surface area contributed by atoms with Crippen LogP contribution in [-0.4, -0.2) is 50.0 Å². The van der Waals surface area contributed by atoms with Crippen LogP contribution in [0.4, 0.5) is 5.69 Å². The highest BCUT2D eigenvalue weighted by Gasteiger charge is 2.34. The van der Waals surface area contributed by atoms with Crippen molar-refractivity contribution >= 4 is 39.1 Å². The van der Waals surface area contributed by atoms with Crippen LogP contribution in [0, 0.1) is 13.8 Å². The van der Waals surface area contributed by atoms with Gasteiger partial charge in [-0.15, -0.1) is 0 Å². The highest BCUT2D eigenvalue weighted by Crippen LogP contribution is 2.25. The molecule has 1 atom stereocenters. The number of halogens is 1. The molecule has 0 aliphatic heterocycles. The maximum absolute atomic E-state index is 14.2. The summed E-state index contributed by atoms with van der Waals surface area (Å²) in [7, 11) is -3.82. The van der Waals surface area contributed by atoms with Crippen LogP contribution in [0.25, 0.3) is 0 Å². The van der Waals surface area contributed by atoms with Gasteiger partial charge in [-0.2, -0.15) is 0 Å². The van der Waals surface area contributed by atoms with Gasteiger partial charge in [0.15, 0.2) is 0 Å². The number of amides is 2. The molecule has 0 saturated heterocycles. The molecular weight excluding hydrogens is 558 g/mol. The number of benzene rings is 3. The monoisotopic (exact) mass is 595 g/mol. The van der Waals surface area contributed by atoms with Crippen LogP contribution in [-0.2, 0) is 32.6 Å². The van der Waals surface area contributed by atoms with Crippen molar-refractivity contribution in [2.24, 2.45) is 0 Å². The molecule has 7 nitrogen and oxygen atoms in total. The highest BCUT2D eigenvalue weighted by molar-refractivity contribution is 7.92. The minimum atomic E-state index is -3.82. The summed E-state index contributed by atoms with van der Waals surface area (Å²) >= 11 is 6.28. The number of sulfonamides is 1. The molecule has 0 aromatic heterocycles. The number of nitrogens with zero attached hydrogens (tertiary/aromatic N) is 2. The number of carbonyl (C=O) groups excluding carboxylic acids is 2. The Balaban J connectivity index is 1.74. The molecule has 1 fully saturated rings. The van der Waals surface area contributed by atoms with Crippen molar-refractivity contribution in [2.45, 2.75) is 64.6 Å². The number of hydrogen-bond donors (Lipinski definition) is 1. The molecule has 9 heteroatoms. The van der Waals surface area contributed by atoms with E-state index < -0.39 is 28.5 Å². The Morgan fingerprint density at radius 3 is 2.27 bits per heavy atom. The summed E-state index contributed by atoms with van der Waals surface area (Å²) in [5.41, 5.74) is 3.81. The van der Waals surface area contributed by atoms with E-state index in [2.05, 4.69) is 5.32 Å². The van der Waals surface area contributed by atoms with Crippen LogP contribution in [0.2, 0.25) is 5.02 Å². The molecule has 3 aromatic rings. The first-order chi connectivity index (χ1) is 19.5. The van der Waals surface area contributed by atoms with E-state index in [4.69, 9.17) is 11.6 Å². The van der Waals surface area contributed by atoms with Gasteiger partial charge in [-0.1, -0.05) is 84.6 Å². The van der Waals surface area contributed by atoms with Crippen molar-refractivity contribution in [2.75, 3.05) is 17.1 Å². The molecule has 1 saturated carbocycles. The third-order valence-electron chi connectivity index (χ3n) is 7.51. The zero-order valence-electron chi connectivity index (χ0n) is 23.8. The second kappa shape index (κ2) is 13.5. The number of nitrogens with one attached hydrogen (secondary N) is 1. The average Bonchev–Trinajstić information content (AvgIpc) is 3.42. The van der Waals surface area contributed by atoms with Crippen molar-refractivity contribution < 1.29 is 18.0 Å². The molecular formula is C32H38ClN3O4S. The fourth-order valence-electron chi connectivity index (χ4n) is 5.43. The Bertz CT molecular complexity index is 1470. The second-order valence-electron chi connectivity index (χ2n) is 10.9. The number of hydrogen-bond acceptors (Lipinski definition) is 4. The fourth-order valence-corrected chi connectivity index (χ4v) is 6.55. The lowest BCUT2D eigenvalue weighted by Gasteiger charge is -2.34. The molecule has 41 heavy (non-hydrogen) atoms. The van der Waals surface area contributed by atoms with E-state index in [0.29, 0.717) is 10.7 Å². The third-order valence-corrected chi connectivity index (χ3v) is 8.88. The van der Waals surface area contributed by atoms with Gasteiger partial charge in [-0.25, -0.2) is 8.42 Å². The third kappa shape index (κ3) is 8.33. The van der Waals surface area contributed by atoms with Gasteiger partial charge in [-0.05, 0) is 61.6 Å². The zero-order valence-corrected chi connectivity index (χ0v) is 25.4. The molecule has 0 unspecified atom stereocenters. The van der Waals surface area contributed by atoms with E-state index in [1.807, 2.05) is 62.4 Å². The summed E-state index contributed by atoms with van der Waals surface area (Å²) in [5, 5.41) is 3.68. The summed E-state index contributed by atoms with van der Waals surface area (Å²) < 4.78 is 27.2. The Morgan fingerprint density at radius 1 is 0.951 bits per heavy atom. The van der Waals surface area contributed by atoms with Gasteiger partial charge in [0.05, 0.1) is 11.9 Å². The predicted octanol–water partition coefficient (Wildman–Crippen LogP) is 5.42. The molecule has 0 bridgehead atoms. The smallest absolute Gasteiger partial charge is 0.244 e. The van der Waals surface area contributed by atoms with Crippen molar-refractivity contribution in [1.29, 1.82) is 0 Å². The quantitative estimate of drug-likeness (QED) is 0.321. The maximum atomic E-state index is 14.2. The van der Waals surface area contributed by atoms with Gasteiger partial charge in [0, 0.05) is 24.0 Å². The summed E-state index contributed by atoms with van der Waals surface area (Å²) in [6, 6.07) is 21.3. The van der Waals surface area contributed by atoms with Gasteiger partial charge >= 0.3 is 0 Å². The van der Waals surface area contributed by atoms with Crippen LogP contribution in [0.1, 0.15) is 47.9 Å². The Labute approximate surface area is 248 Å². The Kier molecular flexibility index (Phi) is 10.1. The molecule has 2 amide bonds. The minimum absolute atomic E-state index is 0.0617. The first-order valence-corrected chi connectivity index (χ1v) is 16.2. The molecule has 218 valence electrons. The lowest BCUT2D eigenvalue weighted by molar-refractivity contribution is -0.140. The molecule has 3 aromatic carbocycles. The lowest BCUT2D eigenvalue weighted by Crippen LogP contribution is -2.54. The zero-order chi connectivity index (χ0) is 29.6. The first kappa shape index (κ1) is 30.6. The molecule has 1 aliphatic rings. The van der Waals surface area contributed by atoms with Crippen LogP contribution in [0.5, 0.6) is 0 Å². The average molecular weight is 596 g/mol. The lowest BCUT2D eigenvalue weighted by atomic mass is 10.0. The maximum Gasteiger partial charge on any atom is 0.244 e. The topological polar surface area (TPSA) is 86.8 Å². The first-order valence-electron chi connectivity index (χ1n) is 13.9. The normalized spacial score (nSPS) is 14.4. The van der Waals surface area contributed by atoms with E-state index in [0.717, 1.165) is 58.5 Å². The molecule has 0 radical (unpaired) electrons. The van der Waals surface area contributed by atoms with E-state index in [1.54, 1.807) is 24.3 Å². The van der Waals surface area contributed by atoms with Gasteiger partial charge in [0.2, 0.25) is 21.8 Å². The largest absolute Gasteiger partial charge is 0.352 e. The van der Waals surface area contributed by atoms with Crippen LogP contribution in [0.3, 0.4) is 0 Å².